The molecule has 2 aromatic rings. The van der Waals surface area contributed by atoms with Gasteiger partial charge in [0.25, 0.3) is 0 Å². The number of carbonyl (C=O) groups excluding carboxylic acids is 1. The normalized spacial score (nSPS) is 13.2. The number of ether oxygens (including phenoxy) is 1. The summed E-state index contributed by atoms with van der Waals surface area (Å²) in [5.41, 5.74) is 1.04. The van der Waals surface area contributed by atoms with Crippen LogP contribution >= 0.6 is 23.4 Å². The maximum Gasteiger partial charge on any atom is 0.233 e. The minimum Gasteiger partial charge on any atom is -0.497 e. The van der Waals surface area contributed by atoms with Crippen LogP contribution in [0.2, 0.25) is 5.02 Å². The molecule has 0 bridgehead atoms. The zero-order valence-electron chi connectivity index (χ0n) is 13.4. The first-order valence-electron chi connectivity index (χ1n) is 7.36. The first-order valence-corrected chi connectivity index (χ1v) is 8.62. The molecule has 0 aliphatic heterocycles. The van der Waals surface area contributed by atoms with Crippen molar-refractivity contribution in [1.82, 2.24) is 5.32 Å². The van der Waals surface area contributed by atoms with E-state index in [-0.39, 0.29) is 17.2 Å². The van der Waals surface area contributed by atoms with E-state index < -0.39 is 0 Å². The van der Waals surface area contributed by atoms with Crippen molar-refractivity contribution in [1.29, 1.82) is 0 Å². The molecule has 1 amide bonds. The van der Waals surface area contributed by atoms with Gasteiger partial charge in [-0.1, -0.05) is 23.7 Å². The molecule has 0 unspecified atom stereocenters. The van der Waals surface area contributed by atoms with Gasteiger partial charge >= 0.3 is 0 Å². The smallest absolute Gasteiger partial charge is 0.233 e. The third-order valence-electron chi connectivity index (χ3n) is 3.47. The molecule has 23 heavy (non-hydrogen) atoms. The van der Waals surface area contributed by atoms with Crippen LogP contribution < -0.4 is 10.1 Å². The lowest BCUT2D eigenvalue weighted by atomic mass is 10.1. The second-order valence-corrected chi connectivity index (χ2v) is 7.07. The number of amides is 1. The molecule has 0 fully saturated rings. The van der Waals surface area contributed by atoms with Crippen LogP contribution in [0, 0.1) is 0 Å². The van der Waals surface area contributed by atoms with Crippen LogP contribution in [-0.2, 0) is 4.79 Å². The summed E-state index contributed by atoms with van der Waals surface area (Å²) in [5.74, 6) is 0.812. The van der Waals surface area contributed by atoms with Gasteiger partial charge in [-0.05, 0) is 55.8 Å². The number of benzene rings is 2. The van der Waals surface area contributed by atoms with E-state index in [1.807, 2.05) is 62.4 Å². The zero-order valence-corrected chi connectivity index (χ0v) is 14.9. The van der Waals surface area contributed by atoms with Crippen molar-refractivity contribution in [2.24, 2.45) is 0 Å². The van der Waals surface area contributed by atoms with Crippen molar-refractivity contribution in [3.8, 4) is 5.75 Å². The van der Waals surface area contributed by atoms with Gasteiger partial charge in [-0.25, -0.2) is 0 Å². The minimum atomic E-state index is -0.183. The number of halogens is 1. The summed E-state index contributed by atoms with van der Waals surface area (Å²) in [5, 5.41) is 3.55. The monoisotopic (exact) mass is 349 g/mol. The molecule has 2 rings (SSSR count). The summed E-state index contributed by atoms with van der Waals surface area (Å²) < 4.78 is 5.14. The van der Waals surface area contributed by atoms with Crippen LogP contribution in [0.4, 0.5) is 0 Å². The summed E-state index contributed by atoms with van der Waals surface area (Å²) in [6, 6.07) is 15.1. The molecule has 0 aliphatic rings. The van der Waals surface area contributed by atoms with Gasteiger partial charge in [-0.2, -0.15) is 0 Å². The molecule has 1 N–H and O–H groups in total. The highest BCUT2D eigenvalue weighted by atomic mass is 35.5. The quantitative estimate of drug-likeness (QED) is 0.768. The largest absolute Gasteiger partial charge is 0.497 e. The minimum absolute atomic E-state index is 0.00766. The second-order valence-electron chi connectivity index (χ2n) is 5.22. The Morgan fingerprint density at radius 3 is 2.26 bits per heavy atom. The molecular formula is C18H20ClNO2S. The van der Waals surface area contributed by atoms with E-state index in [9.17, 15) is 4.79 Å². The SMILES string of the molecule is COc1ccc([C@H](C)NC(=O)[C@H](C)Sc2ccc(Cl)cc2)cc1. The third kappa shape index (κ3) is 5.19. The van der Waals surface area contributed by atoms with Crippen molar-refractivity contribution in [3.63, 3.8) is 0 Å². The number of carbonyl (C=O) groups is 1. The van der Waals surface area contributed by atoms with Gasteiger partial charge in [0.15, 0.2) is 0 Å². The average Bonchev–Trinajstić information content (AvgIpc) is 2.56. The average molecular weight is 350 g/mol. The first kappa shape index (κ1) is 17.7. The van der Waals surface area contributed by atoms with Crippen LogP contribution in [0.3, 0.4) is 0 Å². The molecule has 3 nitrogen and oxygen atoms in total. The van der Waals surface area contributed by atoms with Crippen LogP contribution in [0.25, 0.3) is 0 Å². The predicted octanol–water partition coefficient (Wildman–Crippen LogP) is 4.71. The highest BCUT2D eigenvalue weighted by Crippen LogP contribution is 2.25. The van der Waals surface area contributed by atoms with E-state index in [0.717, 1.165) is 16.2 Å². The van der Waals surface area contributed by atoms with Gasteiger partial charge < -0.3 is 10.1 Å². The number of nitrogens with one attached hydrogen (secondary N) is 1. The Balaban J connectivity index is 1.92. The van der Waals surface area contributed by atoms with E-state index in [4.69, 9.17) is 16.3 Å². The summed E-state index contributed by atoms with van der Waals surface area (Å²) >= 11 is 7.38. The van der Waals surface area contributed by atoms with E-state index in [1.165, 1.54) is 11.8 Å². The summed E-state index contributed by atoms with van der Waals surface area (Å²) in [6.45, 7) is 3.87. The predicted molar refractivity (Wildman–Crippen MR) is 96.3 cm³/mol. The maximum atomic E-state index is 12.3. The highest BCUT2D eigenvalue weighted by molar-refractivity contribution is 8.00. The van der Waals surface area contributed by atoms with E-state index in [2.05, 4.69) is 5.32 Å². The molecule has 2 aromatic carbocycles. The van der Waals surface area contributed by atoms with Crippen molar-refractivity contribution in [2.75, 3.05) is 7.11 Å². The van der Waals surface area contributed by atoms with Crippen LogP contribution in [0.15, 0.2) is 53.4 Å². The molecule has 0 radical (unpaired) electrons. The number of methoxy groups -OCH3 is 1. The Kier molecular flexibility index (Phi) is 6.37. The van der Waals surface area contributed by atoms with Crippen molar-refractivity contribution in [3.05, 3.63) is 59.1 Å². The molecule has 5 heteroatoms. The van der Waals surface area contributed by atoms with Gasteiger partial charge in [-0.3, -0.25) is 4.79 Å². The Morgan fingerprint density at radius 2 is 1.70 bits per heavy atom. The standard InChI is InChI=1S/C18H20ClNO2S/c1-12(14-4-8-16(22-3)9-5-14)20-18(21)13(2)23-17-10-6-15(19)7-11-17/h4-13H,1-3H3,(H,20,21)/t12-,13-/m0/s1. The molecule has 0 aromatic heterocycles. The van der Waals surface area contributed by atoms with Crippen molar-refractivity contribution in [2.45, 2.75) is 30.0 Å². The number of rotatable bonds is 6. The second kappa shape index (κ2) is 8.27. The Labute approximate surface area is 146 Å². The number of thioether (sulfide) groups is 1. The summed E-state index contributed by atoms with van der Waals surface area (Å²) in [6.07, 6.45) is 0. The topological polar surface area (TPSA) is 38.3 Å². The van der Waals surface area contributed by atoms with Gasteiger partial charge in [-0.15, -0.1) is 11.8 Å². The van der Waals surface area contributed by atoms with Crippen molar-refractivity contribution >= 4 is 29.3 Å². The van der Waals surface area contributed by atoms with Gasteiger partial charge in [0.2, 0.25) is 5.91 Å². The molecule has 0 saturated heterocycles. The van der Waals surface area contributed by atoms with E-state index >= 15 is 0 Å². The maximum absolute atomic E-state index is 12.3. The fraction of sp³-hybridized carbons (Fsp3) is 0.278. The lowest BCUT2D eigenvalue weighted by Crippen LogP contribution is -2.33. The van der Waals surface area contributed by atoms with E-state index in [1.54, 1.807) is 7.11 Å². The fourth-order valence-corrected chi connectivity index (χ4v) is 3.08. The Bertz CT molecular complexity index is 643. The molecule has 122 valence electrons. The molecular weight excluding hydrogens is 330 g/mol. The van der Waals surface area contributed by atoms with Crippen LogP contribution in [0.1, 0.15) is 25.5 Å². The molecule has 0 saturated carbocycles. The molecule has 0 spiro atoms. The lowest BCUT2D eigenvalue weighted by molar-refractivity contribution is -0.120. The van der Waals surface area contributed by atoms with Crippen molar-refractivity contribution < 1.29 is 9.53 Å². The van der Waals surface area contributed by atoms with E-state index in [0.29, 0.717) is 5.02 Å². The Morgan fingerprint density at radius 1 is 1.09 bits per heavy atom. The fourth-order valence-electron chi connectivity index (χ4n) is 2.08. The molecule has 0 heterocycles. The summed E-state index contributed by atoms with van der Waals surface area (Å²) in [7, 11) is 1.63. The van der Waals surface area contributed by atoms with Gasteiger partial charge in [0, 0.05) is 9.92 Å². The zero-order chi connectivity index (χ0) is 16.8. The van der Waals surface area contributed by atoms with Gasteiger partial charge in [0.1, 0.15) is 5.75 Å². The number of hydrogen-bond donors (Lipinski definition) is 1. The first-order chi connectivity index (χ1) is 11.0. The lowest BCUT2D eigenvalue weighted by Gasteiger charge is -2.18. The Hall–Kier alpha value is -1.65. The summed E-state index contributed by atoms with van der Waals surface area (Å²) in [4.78, 5) is 13.4. The third-order valence-corrected chi connectivity index (χ3v) is 4.83. The molecule has 0 aliphatic carbocycles. The molecule has 2 atom stereocenters. The highest BCUT2D eigenvalue weighted by Gasteiger charge is 2.17. The van der Waals surface area contributed by atoms with Crippen LogP contribution in [-0.4, -0.2) is 18.3 Å². The van der Waals surface area contributed by atoms with Crippen LogP contribution in [0.5, 0.6) is 5.75 Å². The number of hydrogen-bond acceptors (Lipinski definition) is 3. The van der Waals surface area contributed by atoms with Gasteiger partial charge in [0.05, 0.1) is 18.4 Å².